The number of carbonyl (C=O) groups excluding carboxylic acids is 1. The van der Waals surface area contributed by atoms with E-state index in [2.05, 4.69) is 26.8 Å². The molecule has 1 unspecified atom stereocenters. The van der Waals surface area contributed by atoms with Crippen LogP contribution in [0.2, 0.25) is 0 Å². The normalized spacial score (nSPS) is 22.0. The van der Waals surface area contributed by atoms with Crippen LogP contribution in [0.3, 0.4) is 0 Å². The minimum atomic E-state index is -0.0433. The predicted octanol–water partition coefficient (Wildman–Crippen LogP) is 4.93. The van der Waals surface area contributed by atoms with Crippen LogP contribution in [-0.4, -0.2) is 11.9 Å². The Hall–Kier alpha value is -1.41. The summed E-state index contributed by atoms with van der Waals surface area (Å²) in [4.78, 5) is 12.7. The van der Waals surface area contributed by atoms with Gasteiger partial charge in [0.1, 0.15) is 5.78 Å². The highest BCUT2D eigenvalue weighted by atomic mass is 16.5. The van der Waals surface area contributed by atoms with Gasteiger partial charge in [-0.1, -0.05) is 55.8 Å². The highest BCUT2D eigenvalue weighted by Gasteiger charge is 2.37. The maximum Gasteiger partial charge on any atom is 0.143 e. The molecule has 1 aliphatic carbocycles. The fourth-order valence-electron chi connectivity index (χ4n) is 3.51. The second kappa shape index (κ2) is 7.23. The van der Waals surface area contributed by atoms with Gasteiger partial charge in [0.05, 0.1) is 12.7 Å². The van der Waals surface area contributed by atoms with Crippen molar-refractivity contribution in [1.29, 1.82) is 0 Å². The van der Waals surface area contributed by atoms with Crippen LogP contribution in [0.15, 0.2) is 42.0 Å². The molecule has 120 valence electrons. The van der Waals surface area contributed by atoms with Gasteiger partial charge in [0.25, 0.3) is 0 Å². The van der Waals surface area contributed by atoms with Gasteiger partial charge in [-0.2, -0.15) is 0 Å². The molecule has 2 rings (SSSR count). The van der Waals surface area contributed by atoms with E-state index in [1.807, 2.05) is 37.3 Å². The van der Waals surface area contributed by atoms with Crippen LogP contribution >= 0.6 is 0 Å². The minimum Gasteiger partial charge on any atom is -0.373 e. The number of benzene rings is 1. The first-order valence-corrected chi connectivity index (χ1v) is 8.25. The van der Waals surface area contributed by atoms with Gasteiger partial charge in [-0.15, -0.1) is 0 Å². The van der Waals surface area contributed by atoms with Crippen molar-refractivity contribution in [2.45, 2.75) is 59.7 Å². The van der Waals surface area contributed by atoms with E-state index in [1.54, 1.807) is 0 Å². The molecule has 0 bridgehead atoms. The number of Topliss-reactive ketones (excluding diaryl/α,β-unsaturated/α-hetero) is 1. The van der Waals surface area contributed by atoms with E-state index in [4.69, 9.17) is 4.74 Å². The first kappa shape index (κ1) is 17.0. The van der Waals surface area contributed by atoms with Gasteiger partial charge in [0.15, 0.2) is 0 Å². The molecule has 0 saturated heterocycles. The SMILES string of the molecule is CC1=CCCC(C)(C)[C@@H]1C(=O)CC(C)OCc1ccccc1. The van der Waals surface area contributed by atoms with Crippen LogP contribution in [0.4, 0.5) is 0 Å². The minimum absolute atomic E-state index is 0.0433. The van der Waals surface area contributed by atoms with Gasteiger partial charge in [-0.25, -0.2) is 0 Å². The molecule has 0 N–H and O–H groups in total. The Kier molecular flexibility index (Phi) is 5.57. The zero-order chi connectivity index (χ0) is 16.2. The van der Waals surface area contributed by atoms with Crippen molar-refractivity contribution in [1.82, 2.24) is 0 Å². The number of carbonyl (C=O) groups is 1. The predicted molar refractivity (Wildman–Crippen MR) is 90.6 cm³/mol. The fourth-order valence-corrected chi connectivity index (χ4v) is 3.51. The molecule has 1 aromatic carbocycles. The lowest BCUT2D eigenvalue weighted by atomic mass is 9.66. The lowest BCUT2D eigenvalue weighted by molar-refractivity contribution is -0.128. The van der Waals surface area contributed by atoms with E-state index in [9.17, 15) is 4.79 Å². The molecule has 0 fully saturated rings. The van der Waals surface area contributed by atoms with E-state index < -0.39 is 0 Å². The molecular weight excluding hydrogens is 272 g/mol. The van der Waals surface area contributed by atoms with E-state index in [1.165, 1.54) is 5.57 Å². The van der Waals surface area contributed by atoms with Crippen molar-refractivity contribution in [2.75, 3.05) is 0 Å². The Morgan fingerprint density at radius 3 is 2.64 bits per heavy atom. The molecule has 2 nitrogen and oxygen atoms in total. The lowest BCUT2D eigenvalue weighted by Crippen LogP contribution is -2.35. The third-order valence-electron chi connectivity index (χ3n) is 4.68. The zero-order valence-corrected chi connectivity index (χ0v) is 14.3. The van der Waals surface area contributed by atoms with E-state index in [0.717, 1.165) is 18.4 Å². The Bertz CT molecular complexity index is 528. The van der Waals surface area contributed by atoms with Crippen LogP contribution in [0, 0.1) is 11.3 Å². The smallest absolute Gasteiger partial charge is 0.143 e. The Morgan fingerprint density at radius 1 is 1.32 bits per heavy atom. The van der Waals surface area contributed by atoms with Gasteiger partial charge < -0.3 is 4.74 Å². The first-order valence-electron chi connectivity index (χ1n) is 8.25. The number of hydrogen-bond donors (Lipinski definition) is 0. The van der Waals surface area contributed by atoms with E-state index in [-0.39, 0.29) is 17.4 Å². The number of ether oxygens (including phenoxy) is 1. The molecule has 0 radical (unpaired) electrons. The molecule has 0 heterocycles. The van der Waals surface area contributed by atoms with Crippen LogP contribution in [-0.2, 0) is 16.1 Å². The molecule has 22 heavy (non-hydrogen) atoms. The summed E-state index contributed by atoms with van der Waals surface area (Å²) in [7, 11) is 0. The summed E-state index contributed by atoms with van der Waals surface area (Å²) >= 11 is 0. The van der Waals surface area contributed by atoms with Crippen LogP contribution in [0.5, 0.6) is 0 Å². The zero-order valence-electron chi connectivity index (χ0n) is 14.3. The third-order valence-corrected chi connectivity index (χ3v) is 4.68. The second-order valence-electron chi connectivity index (χ2n) is 7.19. The molecule has 0 aromatic heterocycles. The number of allylic oxidation sites excluding steroid dienone is 2. The van der Waals surface area contributed by atoms with Gasteiger partial charge in [0.2, 0.25) is 0 Å². The Morgan fingerprint density at radius 2 is 2.00 bits per heavy atom. The quantitative estimate of drug-likeness (QED) is 0.696. The van der Waals surface area contributed by atoms with Gasteiger partial charge in [-0.3, -0.25) is 4.79 Å². The lowest BCUT2D eigenvalue weighted by Gasteiger charge is -2.37. The first-order chi connectivity index (χ1) is 10.4. The average Bonchev–Trinajstić information content (AvgIpc) is 2.45. The average molecular weight is 300 g/mol. The van der Waals surface area contributed by atoms with E-state index in [0.29, 0.717) is 18.8 Å². The molecule has 1 aliphatic rings. The van der Waals surface area contributed by atoms with Crippen molar-refractivity contribution >= 4 is 5.78 Å². The summed E-state index contributed by atoms with van der Waals surface area (Å²) in [5, 5.41) is 0. The van der Waals surface area contributed by atoms with E-state index >= 15 is 0 Å². The van der Waals surface area contributed by atoms with Crippen LogP contribution < -0.4 is 0 Å². The number of ketones is 1. The summed E-state index contributed by atoms with van der Waals surface area (Å²) in [6, 6.07) is 10.1. The monoisotopic (exact) mass is 300 g/mol. The molecule has 0 saturated carbocycles. The van der Waals surface area contributed by atoms with Gasteiger partial charge in [-0.05, 0) is 37.7 Å². The second-order valence-corrected chi connectivity index (χ2v) is 7.19. The molecular formula is C20H28O2. The highest BCUT2D eigenvalue weighted by Crippen LogP contribution is 2.42. The van der Waals surface area contributed by atoms with Crippen molar-refractivity contribution in [3.63, 3.8) is 0 Å². The standard InChI is InChI=1S/C20H28O2/c1-15-9-8-12-20(3,4)19(15)18(21)13-16(2)22-14-17-10-6-5-7-11-17/h5-7,9-11,16,19H,8,12-14H2,1-4H3/t16?,19-/m0/s1. The summed E-state index contributed by atoms with van der Waals surface area (Å²) in [6.45, 7) is 9.08. The largest absolute Gasteiger partial charge is 0.373 e. The van der Waals surface area contributed by atoms with Crippen molar-refractivity contribution in [3.05, 3.63) is 47.5 Å². The number of hydrogen-bond acceptors (Lipinski definition) is 2. The molecule has 2 heteroatoms. The molecule has 0 spiro atoms. The van der Waals surface area contributed by atoms with Crippen LogP contribution in [0.1, 0.15) is 52.5 Å². The summed E-state index contributed by atoms with van der Waals surface area (Å²) < 4.78 is 5.85. The maximum atomic E-state index is 12.7. The highest BCUT2D eigenvalue weighted by molar-refractivity contribution is 5.85. The summed E-state index contributed by atoms with van der Waals surface area (Å²) in [6.07, 6.45) is 4.84. The maximum absolute atomic E-state index is 12.7. The molecule has 2 atom stereocenters. The molecule has 0 aliphatic heterocycles. The Balaban J connectivity index is 1.90. The van der Waals surface area contributed by atoms with Gasteiger partial charge >= 0.3 is 0 Å². The van der Waals surface area contributed by atoms with Crippen molar-refractivity contribution in [2.24, 2.45) is 11.3 Å². The van der Waals surface area contributed by atoms with Crippen molar-refractivity contribution in [3.8, 4) is 0 Å². The van der Waals surface area contributed by atoms with Crippen LogP contribution in [0.25, 0.3) is 0 Å². The summed E-state index contributed by atoms with van der Waals surface area (Å²) in [5.41, 5.74) is 2.45. The third kappa shape index (κ3) is 4.30. The van der Waals surface area contributed by atoms with Crippen molar-refractivity contribution < 1.29 is 9.53 Å². The summed E-state index contributed by atoms with van der Waals surface area (Å²) in [5.74, 6) is 0.364. The Labute approximate surface area is 134 Å². The fraction of sp³-hybridized carbons (Fsp3) is 0.550. The molecule has 0 amide bonds. The topological polar surface area (TPSA) is 26.3 Å². The molecule has 1 aromatic rings. The number of rotatable bonds is 6. The van der Waals surface area contributed by atoms with Gasteiger partial charge in [0, 0.05) is 12.3 Å².